The lowest BCUT2D eigenvalue weighted by molar-refractivity contribution is -0.148. The van der Waals surface area contributed by atoms with E-state index in [1.807, 2.05) is 28.8 Å². The van der Waals surface area contributed by atoms with E-state index in [4.69, 9.17) is 21.1 Å². The van der Waals surface area contributed by atoms with Crippen LogP contribution in [0.3, 0.4) is 0 Å². The van der Waals surface area contributed by atoms with E-state index < -0.39 is 6.10 Å². The van der Waals surface area contributed by atoms with Crippen LogP contribution in [0.25, 0.3) is 11.0 Å². The fourth-order valence-corrected chi connectivity index (χ4v) is 2.58. The Morgan fingerprint density at radius 1 is 1.21 bits per heavy atom. The third kappa shape index (κ3) is 4.06. The first kappa shape index (κ1) is 16.3. The molecular weight excluding hydrogens is 328 g/mol. The van der Waals surface area contributed by atoms with Gasteiger partial charge in [-0.25, -0.2) is 4.98 Å². The van der Waals surface area contributed by atoms with Crippen LogP contribution < -0.4 is 4.74 Å². The number of benzene rings is 2. The molecule has 0 aliphatic heterocycles. The van der Waals surface area contributed by atoms with Gasteiger partial charge in [0, 0.05) is 11.9 Å². The highest BCUT2D eigenvalue weighted by atomic mass is 35.5. The average molecular weight is 345 g/mol. The molecule has 0 saturated heterocycles. The monoisotopic (exact) mass is 344 g/mol. The molecule has 124 valence electrons. The van der Waals surface area contributed by atoms with Gasteiger partial charge in [0.25, 0.3) is 0 Å². The van der Waals surface area contributed by atoms with Gasteiger partial charge in [-0.3, -0.25) is 4.79 Å². The first-order valence-corrected chi connectivity index (χ1v) is 7.95. The van der Waals surface area contributed by atoms with Crippen LogP contribution in [0.2, 0.25) is 5.02 Å². The normalized spacial score (nSPS) is 12.1. The Balaban J connectivity index is 1.71. The van der Waals surface area contributed by atoms with Gasteiger partial charge in [-0.05, 0) is 36.4 Å². The second-order valence-corrected chi connectivity index (χ2v) is 5.82. The Kier molecular flexibility index (Phi) is 5.01. The molecule has 1 unspecified atom stereocenters. The van der Waals surface area contributed by atoms with Gasteiger partial charge in [0.2, 0.25) is 0 Å². The van der Waals surface area contributed by atoms with Crippen molar-refractivity contribution in [2.75, 3.05) is 6.61 Å². The molecule has 3 aromatic rings. The van der Waals surface area contributed by atoms with E-state index in [1.165, 1.54) is 6.92 Å². The predicted molar refractivity (Wildman–Crippen MR) is 92.2 cm³/mol. The first-order valence-electron chi connectivity index (χ1n) is 7.57. The summed E-state index contributed by atoms with van der Waals surface area (Å²) in [4.78, 5) is 15.7. The van der Waals surface area contributed by atoms with Crippen molar-refractivity contribution in [2.24, 2.45) is 0 Å². The molecule has 0 saturated carbocycles. The fraction of sp³-hybridized carbons (Fsp3) is 0.222. The number of aromatic nitrogens is 2. The van der Waals surface area contributed by atoms with Crippen molar-refractivity contribution in [1.82, 2.24) is 9.55 Å². The summed E-state index contributed by atoms with van der Waals surface area (Å²) in [6.07, 6.45) is 1.32. The van der Waals surface area contributed by atoms with E-state index in [9.17, 15) is 4.79 Å². The van der Waals surface area contributed by atoms with Gasteiger partial charge < -0.3 is 14.0 Å². The SMILES string of the molecule is CC(=O)OC(COc1ccc(Cl)cc1)Cn1cnc2ccccc21. The minimum absolute atomic E-state index is 0.244. The summed E-state index contributed by atoms with van der Waals surface area (Å²) >= 11 is 5.86. The van der Waals surface area contributed by atoms with Crippen molar-refractivity contribution in [3.63, 3.8) is 0 Å². The van der Waals surface area contributed by atoms with E-state index in [2.05, 4.69) is 4.98 Å². The fourth-order valence-electron chi connectivity index (χ4n) is 2.45. The summed E-state index contributed by atoms with van der Waals surface area (Å²) in [5, 5.41) is 0.642. The number of esters is 1. The number of halogens is 1. The molecule has 2 aromatic carbocycles. The predicted octanol–water partition coefficient (Wildman–Crippen LogP) is 3.70. The topological polar surface area (TPSA) is 53.4 Å². The smallest absolute Gasteiger partial charge is 0.303 e. The molecule has 0 radical (unpaired) electrons. The average Bonchev–Trinajstić information content (AvgIpc) is 2.97. The highest BCUT2D eigenvalue weighted by Gasteiger charge is 2.16. The summed E-state index contributed by atoms with van der Waals surface area (Å²) in [5.74, 6) is 0.330. The maximum Gasteiger partial charge on any atom is 0.303 e. The molecule has 1 heterocycles. The van der Waals surface area contributed by atoms with Crippen LogP contribution in [0.5, 0.6) is 5.75 Å². The Labute approximate surface area is 144 Å². The van der Waals surface area contributed by atoms with Crippen LogP contribution in [0.4, 0.5) is 0 Å². The largest absolute Gasteiger partial charge is 0.490 e. The van der Waals surface area contributed by atoms with Crippen LogP contribution in [0.15, 0.2) is 54.9 Å². The lowest BCUT2D eigenvalue weighted by atomic mass is 10.3. The van der Waals surface area contributed by atoms with Gasteiger partial charge in [0.1, 0.15) is 12.4 Å². The van der Waals surface area contributed by atoms with Crippen LogP contribution in [0.1, 0.15) is 6.92 Å². The molecule has 0 aliphatic carbocycles. The Bertz CT molecular complexity index is 830. The first-order chi connectivity index (χ1) is 11.6. The summed E-state index contributed by atoms with van der Waals surface area (Å²) in [6.45, 7) is 2.10. The highest BCUT2D eigenvalue weighted by molar-refractivity contribution is 6.30. The molecule has 24 heavy (non-hydrogen) atoms. The third-order valence-electron chi connectivity index (χ3n) is 3.51. The number of carbonyl (C=O) groups excluding carboxylic acids is 1. The van der Waals surface area contributed by atoms with E-state index >= 15 is 0 Å². The molecule has 0 fully saturated rings. The van der Waals surface area contributed by atoms with E-state index in [0.717, 1.165) is 11.0 Å². The number of carbonyl (C=O) groups is 1. The molecule has 5 nitrogen and oxygen atoms in total. The van der Waals surface area contributed by atoms with Crippen molar-refractivity contribution in [3.8, 4) is 5.75 Å². The van der Waals surface area contributed by atoms with Gasteiger partial charge in [-0.15, -0.1) is 0 Å². The van der Waals surface area contributed by atoms with Crippen molar-refractivity contribution < 1.29 is 14.3 Å². The van der Waals surface area contributed by atoms with Gasteiger partial charge in [0.05, 0.1) is 23.9 Å². The summed E-state index contributed by atoms with van der Waals surface area (Å²) in [7, 11) is 0. The maximum atomic E-state index is 11.4. The maximum absolute atomic E-state index is 11.4. The van der Waals surface area contributed by atoms with Crippen molar-refractivity contribution in [1.29, 1.82) is 0 Å². The molecule has 0 bridgehead atoms. The Hall–Kier alpha value is -2.53. The minimum Gasteiger partial charge on any atom is -0.490 e. The van der Waals surface area contributed by atoms with Crippen LogP contribution in [0, 0.1) is 0 Å². The zero-order valence-corrected chi connectivity index (χ0v) is 13.9. The van der Waals surface area contributed by atoms with Gasteiger partial charge in [-0.1, -0.05) is 23.7 Å². The zero-order chi connectivity index (χ0) is 16.9. The lowest BCUT2D eigenvalue weighted by Gasteiger charge is -2.18. The summed E-state index contributed by atoms with van der Waals surface area (Å²) in [5.41, 5.74) is 1.89. The summed E-state index contributed by atoms with van der Waals surface area (Å²) in [6, 6.07) is 14.9. The van der Waals surface area contributed by atoms with Crippen molar-refractivity contribution in [2.45, 2.75) is 19.6 Å². The molecule has 1 aromatic heterocycles. The number of hydrogen-bond donors (Lipinski definition) is 0. The summed E-state index contributed by atoms with van der Waals surface area (Å²) < 4.78 is 13.0. The van der Waals surface area contributed by atoms with E-state index in [1.54, 1.807) is 30.6 Å². The van der Waals surface area contributed by atoms with Gasteiger partial charge in [0.15, 0.2) is 6.10 Å². The van der Waals surface area contributed by atoms with Crippen LogP contribution in [-0.4, -0.2) is 28.2 Å². The lowest BCUT2D eigenvalue weighted by Crippen LogP contribution is -2.28. The number of ether oxygens (including phenoxy) is 2. The standard InChI is InChI=1S/C18H17ClN2O3/c1-13(22)24-16(11-23-15-8-6-14(19)7-9-15)10-21-12-20-17-4-2-3-5-18(17)21/h2-9,12,16H,10-11H2,1H3. The molecule has 1 atom stereocenters. The third-order valence-corrected chi connectivity index (χ3v) is 3.76. The minimum atomic E-state index is -0.421. The molecule has 6 heteroatoms. The molecule has 0 aliphatic rings. The second-order valence-electron chi connectivity index (χ2n) is 5.38. The Morgan fingerprint density at radius 3 is 2.71 bits per heavy atom. The number of fused-ring (bicyclic) bond motifs is 1. The molecule has 0 amide bonds. The molecule has 0 N–H and O–H groups in total. The molecular formula is C18H17ClN2O3. The van der Waals surface area contributed by atoms with E-state index in [0.29, 0.717) is 17.3 Å². The van der Waals surface area contributed by atoms with Gasteiger partial charge >= 0.3 is 5.97 Å². The highest BCUT2D eigenvalue weighted by Crippen LogP contribution is 2.17. The van der Waals surface area contributed by atoms with Crippen molar-refractivity contribution in [3.05, 3.63) is 59.9 Å². The number of imidazole rings is 1. The van der Waals surface area contributed by atoms with Crippen LogP contribution >= 0.6 is 11.6 Å². The molecule has 0 spiro atoms. The van der Waals surface area contributed by atoms with E-state index in [-0.39, 0.29) is 12.6 Å². The van der Waals surface area contributed by atoms with Crippen LogP contribution in [-0.2, 0) is 16.1 Å². The molecule has 3 rings (SSSR count). The quantitative estimate of drug-likeness (QED) is 0.640. The zero-order valence-electron chi connectivity index (χ0n) is 13.2. The van der Waals surface area contributed by atoms with Crippen molar-refractivity contribution >= 4 is 28.6 Å². The second kappa shape index (κ2) is 7.36. The Morgan fingerprint density at radius 2 is 1.96 bits per heavy atom. The number of nitrogens with zero attached hydrogens (tertiary/aromatic N) is 2. The number of hydrogen-bond acceptors (Lipinski definition) is 4. The number of rotatable bonds is 6. The number of para-hydroxylation sites is 2. The van der Waals surface area contributed by atoms with Gasteiger partial charge in [-0.2, -0.15) is 0 Å².